The molecule has 1 amide bonds. The molecular formula is C21H24N4O3. The Morgan fingerprint density at radius 1 is 1.04 bits per heavy atom. The summed E-state index contributed by atoms with van der Waals surface area (Å²) in [6.45, 7) is 4.63. The van der Waals surface area contributed by atoms with E-state index in [1.165, 1.54) is 5.56 Å². The van der Waals surface area contributed by atoms with Crippen molar-refractivity contribution in [2.24, 2.45) is 0 Å². The normalized spacial score (nSPS) is 15.2. The molecular weight excluding hydrogens is 356 g/mol. The van der Waals surface area contributed by atoms with Crippen molar-refractivity contribution in [1.29, 1.82) is 0 Å². The average Bonchev–Trinajstić information content (AvgIpc) is 3.04. The van der Waals surface area contributed by atoms with E-state index in [1.807, 2.05) is 47.6 Å². The van der Waals surface area contributed by atoms with Gasteiger partial charge < -0.3 is 9.32 Å². The summed E-state index contributed by atoms with van der Waals surface area (Å²) in [5.74, 6) is -0.206. The number of oxazole rings is 1. The molecule has 146 valence electrons. The Kier molecular flexibility index (Phi) is 5.53. The van der Waals surface area contributed by atoms with Gasteiger partial charge in [0, 0.05) is 58.1 Å². The molecule has 1 fully saturated rings. The molecule has 1 aromatic carbocycles. The van der Waals surface area contributed by atoms with Crippen LogP contribution in [0.5, 0.6) is 0 Å². The molecule has 7 nitrogen and oxygen atoms in total. The van der Waals surface area contributed by atoms with Crippen molar-refractivity contribution >= 4 is 17.0 Å². The highest BCUT2D eigenvalue weighted by molar-refractivity contribution is 5.76. The molecule has 0 radical (unpaired) electrons. The van der Waals surface area contributed by atoms with Gasteiger partial charge in [-0.25, -0.2) is 4.79 Å². The lowest BCUT2D eigenvalue weighted by atomic mass is 10.2. The van der Waals surface area contributed by atoms with Gasteiger partial charge in [0.1, 0.15) is 0 Å². The number of aryl methyl sites for hydroxylation is 1. The quantitative estimate of drug-likeness (QED) is 0.655. The minimum absolute atomic E-state index is 0.157. The van der Waals surface area contributed by atoms with Gasteiger partial charge in [0.2, 0.25) is 5.91 Å². The van der Waals surface area contributed by atoms with E-state index in [0.717, 1.165) is 38.2 Å². The number of para-hydroxylation sites is 2. The first-order chi connectivity index (χ1) is 13.7. The number of pyridine rings is 1. The fourth-order valence-corrected chi connectivity index (χ4v) is 3.67. The summed E-state index contributed by atoms with van der Waals surface area (Å²) in [7, 11) is 0. The molecule has 28 heavy (non-hydrogen) atoms. The molecule has 4 rings (SSSR count). The van der Waals surface area contributed by atoms with Crippen LogP contribution in [-0.2, 0) is 17.9 Å². The zero-order valence-corrected chi connectivity index (χ0v) is 15.8. The number of hydrogen-bond acceptors (Lipinski definition) is 5. The fourth-order valence-electron chi connectivity index (χ4n) is 3.67. The second-order valence-corrected chi connectivity index (χ2v) is 7.10. The number of carbonyl (C=O) groups excluding carboxylic acids is 1. The Morgan fingerprint density at radius 3 is 2.57 bits per heavy atom. The largest absolute Gasteiger partial charge is 0.419 e. The van der Waals surface area contributed by atoms with Gasteiger partial charge in [-0.2, -0.15) is 0 Å². The summed E-state index contributed by atoms with van der Waals surface area (Å²) in [4.78, 5) is 32.9. The smallest absolute Gasteiger partial charge is 0.408 e. The van der Waals surface area contributed by atoms with Gasteiger partial charge >= 0.3 is 5.76 Å². The summed E-state index contributed by atoms with van der Waals surface area (Å²) in [6.07, 6.45) is 4.68. The van der Waals surface area contributed by atoms with Crippen LogP contribution in [0.25, 0.3) is 11.1 Å². The molecule has 0 atom stereocenters. The number of piperazine rings is 1. The zero-order chi connectivity index (χ0) is 19.3. The number of carbonyl (C=O) groups is 1. The van der Waals surface area contributed by atoms with Crippen LogP contribution in [0.1, 0.15) is 18.4 Å². The van der Waals surface area contributed by atoms with Crippen molar-refractivity contribution in [3.05, 3.63) is 64.9 Å². The molecule has 0 aliphatic carbocycles. The Hall–Kier alpha value is -2.93. The van der Waals surface area contributed by atoms with E-state index in [0.29, 0.717) is 25.0 Å². The molecule has 0 unspecified atom stereocenters. The lowest BCUT2D eigenvalue weighted by Crippen LogP contribution is -2.48. The molecule has 0 spiro atoms. The predicted octanol–water partition coefficient (Wildman–Crippen LogP) is 2.11. The van der Waals surface area contributed by atoms with Crippen LogP contribution in [0.3, 0.4) is 0 Å². The number of benzene rings is 1. The first kappa shape index (κ1) is 18.4. The number of amides is 1. The Morgan fingerprint density at radius 2 is 1.79 bits per heavy atom. The maximum atomic E-state index is 12.5. The third-order valence-corrected chi connectivity index (χ3v) is 5.23. The number of aromatic nitrogens is 2. The van der Waals surface area contributed by atoms with Crippen molar-refractivity contribution in [2.75, 3.05) is 26.2 Å². The second kappa shape index (κ2) is 8.39. The minimum atomic E-state index is -0.363. The van der Waals surface area contributed by atoms with E-state index < -0.39 is 0 Å². The average molecular weight is 380 g/mol. The van der Waals surface area contributed by atoms with Crippen molar-refractivity contribution in [3.8, 4) is 0 Å². The van der Waals surface area contributed by atoms with Crippen molar-refractivity contribution in [2.45, 2.75) is 25.9 Å². The molecule has 7 heteroatoms. The number of hydrogen-bond donors (Lipinski definition) is 0. The summed E-state index contributed by atoms with van der Waals surface area (Å²) >= 11 is 0. The Labute approximate surface area is 163 Å². The summed E-state index contributed by atoms with van der Waals surface area (Å²) in [5, 5.41) is 0. The number of fused-ring (bicyclic) bond motifs is 1. The minimum Gasteiger partial charge on any atom is -0.408 e. The molecule has 1 aliphatic heterocycles. The van der Waals surface area contributed by atoms with Crippen LogP contribution < -0.4 is 5.76 Å². The van der Waals surface area contributed by atoms with E-state index in [-0.39, 0.29) is 11.7 Å². The van der Waals surface area contributed by atoms with Crippen LogP contribution in [-0.4, -0.2) is 51.4 Å². The summed E-state index contributed by atoms with van der Waals surface area (Å²) < 4.78 is 6.84. The molecule has 3 heterocycles. The van der Waals surface area contributed by atoms with Crippen LogP contribution in [0.4, 0.5) is 0 Å². The van der Waals surface area contributed by atoms with Crippen LogP contribution in [0.15, 0.2) is 58.0 Å². The van der Waals surface area contributed by atoms with E-state index in [4.69, 9.17) is 4.42 Å². The highest BCUT2D eigenvalue weighted by Gasteiger charge is 2.21. The van der Waals surface area contributed by atoms with Crippen molar-refractivity contribution in [3.63, 3.8) is 0 Å². The predicted molar refractivity (Wildman–Crippen MR) is 106 cm³/mol. The molecule has 0 N–H and O–H groups in total. The van der Waals surface area contributed by atoms with Gasteiger partial charge in [-0.05, 0) is 36.2 Å². The van der Waals surface area contributed by atoms with Crippen molar-refractivity contribution < 1.29 is 9.21 Å². The zero-order valence-electron chi connectivity index (χ0n) is 15.8. The lowest BCUT2D eigenvalue weighted by molar-refractivity contribution is -0.133. The van der Waals surface area contributed by atoms with E-state index >= 15 is 0 Å². The third-order valence-electron chi connectivity index (χ3n) is 5.23. The lowest BCUT2D eigenvalue weighted by Gasteiger charge is -2.34. The first-order valence-electron chi connectivity index (χ1n) is 9.68. The second-order valence-electron chi connectivity index (χ2n) is 7.10. The number of rotatable bonds is 6. The first-order valence-corrected chi connectivity index (χ1v) is 9.68. The standard InChI is InChI=1S/C21H24N4O3/c26-20(6-3-11-25-18-4-1-2-5-19(18)28-21(25)27)24-14-12-23(13-15-24)16-17-7-9-22-10-8-17/h1-2,4-5,7-10H,3,6,11-16H2. The molecule has 2 aromatic heterocycles. The monoisotopic (exact) mass is 380 g/mol. The van der Waals surface area contributed by atoms with Crippen LogP contribution in [0, 0.1) is 0 Å². The van der Waals surface area contributed by atoms with E-state index in [2.05, 4.69) is 9.88 Å². The third kappa shape index (κ3) is 4.14. The summed E-state index contributed by atoms with van der Waals surface area (Å²) in [6, 6.07) is 11.4. The molecule has 1 aliphatic rings. The maximum absolute atomic E-state index is 12.5. The van der Waals surface area contributed by atoms with Gasteiger partial charge in [-0.1, -0.05) is 12.1 Å². The fraction of sp³-hybridized carbons (Fsp3) is 0.381. The van der Waals surface area contributed by atoms with Gasteiger partial charge in [0.25, 0.3) is 0 Å². The van der Waals surface area contributed by atoms with Crippen LogP contribution >= 0.6 is 0 Å². The van der Waals surface area contributed by atoms with E-state index in [9.17, 15) is 9.59 Å². The Bertz CT molecular complexity index is 988. The highest BCUT2D eigenvalue weighted by atomic mass is 16.4. The van der Waals surface area contributed by atoms with Crippen LogP contribution in [0.2, 0.25) is 0 Å². The SMILES string of the molecule is O=C(CCCn1c(=O)oc2ccccc21)N1CCN(Cc2ccncc2)CC1. The number of nitrogens with zero attached hydrogens (tertiary/aromatic N) is 4. The van der Waals surface area contributed by atoms with E-state index in [1.54, 1.807) is 10.6 Å². The molecule has 0 bridgehead atoms. The topological polar surface area (TPSA) is 71.6 Å². The maximum Gasteiger partial charge on any atom is 0.419 e. The molecule has 0 saturated carbocycles. The van der Waals surface area contributed by atoms with Gasteiger partial charge in [0.05, 0.1) is 5.52 Å². The molecule has 3 aromatic rings. The van der Waals surface area contributed by atoms with Crippen molar-refractivity contribution in [1.82, 2.24) is 19.4 Å². The highest BCUT2D eigenvalue weighted by Crippen LogP contribution is 2.13. The summed E-state index contributed by atoms with van der Waals surface area (Å²) in [5.41, 5.74) is 2.61. The van der Waals surface area contributed by atoms with Gasteiger partial charge in [-0.15, -0.1) is 0 Å². The Balaban J connectivity index is 1.25. The van der Waals surface area contributed by atoms with Gasteiger partial charge in [-0.3, -0.25) is 19.2 Å². The van der Waals surface area contributed by atoms with Gasteiger partial charge in [0.15, 0.2) is 5.58 Å². The molecule has 1 saturated heterocycles.